The first-order valence-electron chi connectivity index (χ1n) is 11.0. The topological polar surface area (TPSA) is 78.5 Å². The third-order valence-corrected chi connectivity index (χ3v) is 5.97. The number of hydrogen-bond donors (Lipinski definition) is 2. The minimum Gasteiger partial charge on any atom is -0.348 e. The smallest absolute Gasteiger partial charge is 0.253 e. The van der Waals surface area contributed by atoms with Gasteiger partial charge < -0.3 is 15.5 Å². The van der Waals surface area contributed by atoms with Crippen molar-refractivity contribution in [2.24, 2.45) is 5.92 Å². The number of nitrogens with one attached hydrogen (secondary N) is 2. The number of aryl methyl sites for hydroxylation is 2. The van der Waals surface area contributed by atoms with Gasteiger partial charge in [-0.2, -0.15) is 0 Å². The van der Waals surface area contributed by atoms with E-state index in [-0.39, 0.29) is 24.1 Å². The van der Waals surface area contributed by atoms with Gasteiger partial charge in [0.2, 0.25) is 11.8 Å². The first-order valence-corrected chi connectivity index (χ1v) is 11.0. The van der Waals surface area contributed by atoms with Crippen LogP contribution >= 0.6 is 0 Å². The van der Waals surface area contributed by atoms with Crippen LogP contribution < -0.4 is 15.5 Å². The predicted molar refractivity (Wildman–Crippen MR) is 129 cm³/mol. The summed E-state index contributed by atoms with van der Waals surface area (Å²) in [5, 5.41) is 5.79. The molecule has 1 saturated heterocycles. The highest BCUT2D eigenvalue weighted by molar-refractivity contribution is 6.07. The van der Waals surface area contributed by atoms with Crippen molar-refractivity contribution < 1.29 is 14.4 Å². The van der Waals surface area contributed by atoms with E-state index in [1.165, 1.54) is 0 Å². The Bertz CT molecular complexity index is 1190. The van der Waals surface area contributed by atoms with Gasteiger partial charge in [-0.3, -0.25) is 14.4 Å². The Morgan fingerprint density at radius 3 is 2.39 bits per heavy atom. The van der Waals surface area contributed by atoms with Gasteiger partial charge >= 0.3 is 0 Å². The van der Waals surface area contributed by atoms with Gasteiger partial charge in [0.25, 0.3) is 5.91 Å². The maximum atomic E-state index is 13.0. The SMILES string of the molecule is Cc1ccc(N2C[C@H](C(=O)Nc3ccccc3C(=O)NCc3ccccc3C)CC2=O)cc1. The molecule has 0 saturated carbocycles. The molecule has 1 atom stereocenters. The number of benzene rings is 3. The number of rotatable bonds is 6. The summed E-state index contributed by atoms with van der Waals surface area (Å²) in [6, 6.07) is 22.5. The summed E-state index contributed by atoms with van der Waals surface area (Å²) < 4.78 is 0. The molecule has 1 aliphatic rings. The standard InChI is InChI=1S/C27H27N3O3/c1-18-11-13-22(14-12-18)30-17-21(15-25(30)31)26(32)29-24-10-6-5-9-23(24)27(33)28-16-20-8-4-3-7-19(20)2/h3-14,21H,15-17H2,1-2H3,(H,28,33)(H,29,32)/t21-/m1/s1. The van der Waals surface area contributed by atoms with Gasteiger partial charge in [-0.15, -0.1) is 0 Å². The number of para-hydroxylation sites is 1. The second kappa shape index (κ2) is 9.69. The van der Waals surface area contributed by atoms with Gasteiger partial charge in [0.15, 0.2) is 0 Å². The summed E-state index contributed by atoms with van der Waals surface area (Å²) in [6.45, 7) is 4.70. The highest BCUT2D eigenvalue weighted by atomic mass is 16.2. The van der Waals surface area contributed by atoms with Crippen LogP contribution in [0.5, 0.6) is 0 Å². The normalized spacial score (nSPS) is 15.4. The molecule has 6 heteroatoms. The van der Waals surface area contributed by atoms with E-state index in [0.29, 0.717) is 24.3 Å². The lowest BCUT2D eigenvalue weighted by Gasteiger charge is -2.17. The Labute approximate surface area is 193 Å². The molecule has 2 N–H and O–H groups in total. The van der Waals surface area contributed by atoms with Gasteiger partial charge in [-0.25, -0.2) is 0 Å². The Balaban J connectivity index is 1.42. The minimum atomic E-state index is -0.484. The van der Waals surface area contributed by atoms with E-state index in [1.807, 2.05) is 62.4 Å². The Morgan fingerprint density at radius 1 is 0.939 bits per heavy atom. The van der Waals surface area contributed by atoms with Gasteiger partial charge in [-0.05, 0) is 49.2 Å². The Kier molecular flexibility index (Phi) is 6.54. The predicted octanol–water partition coefficient (Wildman–Crippen LogP) is 4.23. The molecule has 168 valence electrons. The molecule has 3 aromatic rings. The van der Waals surface area contributed by atoms with E-state index in [4.69, 9.17) is 0 Å². The molecule has 0 spiro atoms. The number of carbonyl (C=O) groups excluding carboxylic acids is 3. The van der Waals surface area contributed by atoms with Crippen LogP contribution in [0.1, 0.15) is 33.5 Å². The summed E-state index contributed by atoms with van der Waals surface area (Å²) in [4.78, 5) is 40.0. The molecule has 3 amide bonds. The van der Waals surface area contributed by atoms with Crippen molar-refractivity contribution >= 4 is 29.1 Å². The van der Waals surface area contributed by atoms with Crippen LogP contribution in [-0.4, -0.2) is 24.3 Å². The van der Waals surface area contributed by atoms with Crippen molar-refractivity contribution in [2.45, 2.75) is 26.8 Å². The van der Waals surface area contributed by atoms with Crippen LogP contribution in [0.15, 0.2) is 72.8 Å². The molecule has 0 aromatic heterocycles. The van der Waals surface area contributed by atoms with Crippen molar-refractivity contribution in [2.75, 3.05) is 16.8 Å². The zero-order valence-electron chi connectivity index (χ0n) is 18.8. The number of anilines is 2. The lowest BCUT2D eigenvalue weighted by atomic mass is 10.1. The summed E-state index contributed by atoms with van der Waals surface area (Å²) in [7, 11) is 0. The van der Waals surface area contributed by atoms with Crippen molar-refractivity contribution in [3.05, 3.63) is 95.1 Å². The van der Waals surface area contributed by atoms with E-state index in [1.54, 1.807) is 29.2 Å². The maximum absolute atomic E-state index is 13.0. The molecule has 0 unspecified atom stereocenters. The van der Waals surface area contributed by atoms with Crippen molar-refractivity contribution in [1.82, 2.24) is 5.32 Å². The number of carbonyl (C=O) groups is 3. The molecule has 1 aliphatic heterocycles. The average Bonchev–Trinajstić information content (AvgIpc) is 3.21. The van der Waals surface area contributed by atoms with Crippen LogP contribution in [0, 0.1) is 19.8 Å². The monoisotopic (exact) mass is 441 g/mol. The molecule has 33 heavy (non-hydrogen) atoms. The van der Waals surface area contributed by atoms with Crippen LogP contribution in [0.3, 0.4) is 0 Å². The summed E-state index contributed by atoms with van der Waals surface area (Å²) in [6.07, 6.45) is 0.140. The van der Waals surface area contributed by atoms with Crippen molar-refractivity contribution in [3.63, 3.8) is 0 Å². The van der Waals surface area contributed by atoms with E-state index >= 15 is 0 Å². The first kappa shape index (κ1) is 22.3. The first-order chi connectivity index (χ1) is 15.9. The van der Waals surface area contributed by atoms with Crippen molar-refractivity contribution in [3.8, 4) is 0 Å². The molecule has 0 bridgehead atoms. The zero-order chi connectivity index (χ0) is 23.4. The second-order valence-electron chi connectivity index (χ2n) is 8.38. The number of hydrogen-bond acceptors (Lipinski definition) is 3. The van der Waals surface area contributed by atoms with E-state index in [2.05, 4.69) is 10.6 Å². The van der Waals surface area contributed by atoms with Crippen LogP contribution in [0.25, 0.3) is 0 Å². The third-order valence-electron chi connectivity index (χ3n) is 5.97. The molecular weight excluding hydrogens is 414 g/mol. The molecule has 4 rings (SSSR count). The molecule has 3 aromatic carbocycles. The minimum absolute atomic E-state index is 0.0803. The molecule has 1 heterocycles. The fourth-order valence-corrected chi connectivity index (χ4v) is 3.96. The maximum Gasteiger partial charge on any atom is 0.253 e. The molecule has 0 aliphatic carbocycles. The molecule has 0 radical (unpaired) electrons. The fraction of sp³-hybridized carbons (Fsp3) is 0.222. The second-order valence-corrected chi connectivity index (χ2v) is 8.38. The lowest BCUT2D eigenvalue weighted by molar-refractivity contribution is -0.122. The fourth-order valence-electron chi connectivity index (χ4n) is 3.96. The summed E-state index contributed by atoms with van der Waals surface area (Å²) in [5.74, 6) is -1.10. The van der Waals surface area contributed by atoms with Crippen LogP contribution in [-0.2, 0) is 16.1 Å². The van der Waals surface area contributed by atoms with Gasteiger partial charge in [0.05, 0.1) is 17.2 Å². The van der Waals surface area contributed by atoms with Crippen LogP contribution in [0.2, 0.25) is 0 Å². The van der Waals surface area contributed by atoms with E-state index in [9.17, 15) is 14.4 Å². The quantitative estimate of drug-likeness (QED) is 0.601. The highest BCUT2D eigenvalue weighted by Gasteiger charge is 2.35. The van der Waals surface area contributed by atoms with Crippen LogP contribution in [0.4, 0.5) is 11.4 Å². The van der Waals surface area contributed by atoms with E-state index in [0.717, 1.165) is 22.4 Å². The highest BCUT2D eigenvalue weighted by Crippen LogP contribution is 2.27. The Hall–Kier alpha value is -3.93. The largest absolute Gasteiger partial charge is 0.348 e. The molecule has 6 nitrogen and oxygen atoms in total. The van der Waals surface area contributed by atoms with Crippen molar-refractivity contribution in [1.29, 1.82) is 0 Å². The Morgan fingerprint density at radius 2 is 1.64 bits per heavy atom. The van der Waals surface area contributed by atoms with Gasteiger partial charge in [-0.1, -0.05) is 54.1 Å². The zero-order valence-corrected chi connectivity index (χ0v) is 18.8. The summed E-state index contributed by atoms with van der Waals surface area (Å²) in [5.41, 5.74) is 4.86. The van der Waals surface area contributed by atoms with Gasteiger partial charge in [0, 0.05) is 25.2 Å². The third kappa shape index (κ3) is 5.12. The van der Waals surface area contributed by atoms with Gasteiger partial charge in [0.1, 0.15) is 0 Å². The number of nitrogens with zero attached hydrogens (tertiary/aromatic N) is 1. The molecule has 1 fully saturated rings. The number of amides is 3. The lowest BCUT2D eigenvalue weighted by Crippen LogP contribution is -2.29. The van der Waals surface area contributed by atoms with E-state index < -0.39 is 5.92 Å². The average molecular weight is 442 g/mol. The molecular formula is C27H27N3O3. The summed E-state index contributed by atoms with van der Waals surface area (Å²) >= 11 is 0.